The van der Waals surface area contributed by atoms with E-state index in [0.717, 1.165) is 16.5 Å². The van der Waals surface area contributed by atoms with Crippen molar-refractivity contribution in [3.8, 4) is 0 Å². The summed E-state index contributed by atoms with van der Waals surface area (Å²) in [7, 11) is 1.57. The van der Waals surface area contributed by atoms with Gasteiger partial charge in [0.05, 0.1) is 12.6 Å². The molecular formula is C23H29N5O6. The molecule has 1 unspecified atom stereocenters. The van der Waals surface area contributed by atoms with Gasteiger partial charge in [-0.1, -0.05) is 18.2 Å². The van der Waals surface area contributed by atoms with E-state index in [0.29, 0.717) is 6.21 Å². The van der Waals surface area contributed by atoms with Gasteiger partial charge in [0, 0.05) is 29.9 Å². The minimum Gasteiger partial charge on any atom is -0.461 e. The van der Waals surface area contributed by atoms with Crippen LogP contribution in [0.2, 0.25) is 0 Å². The topological polar surface area (TPSA) is 163 Å². The first-order valence-electron chi connectivity index (χ1n) is 10.8. The zero-order valence-corrected chi connectivity index (χ0v) is 19.4. The lowest BCUT2D eigenvalue weighted by molar-refractivity contribution is -0.157. The summed E-state index contributed by atoms with van der Waals surface area (Å²) in [5.74, 6) is -2.61. The summed E-state index contributed by atoms with van der Waals surface area (Å²) in [5.41, 5.74) is 10.1. The number of H-pyrrole nitrogens is 1. The van der Waals surface area contributed by atoms with E-state index in [2.05, 4.69) is 20.4 Å². The first-order valence-corrected chi connectivity index (χ1v) is 10.8. The predicted molar refractivity (Wildman–Crippen MR) is 123 cm³/mol. The van der Waals surface area contributed by atoms with Gasteiger partial charge in [0.2, 0.25) is 5.78 Å². The van der Waals surface area contributed by atoms with Gasteiger partial charge >= 0.3 is 18.2 Å². The number of carbonyl (C=O) groups is 4. The lowest BCUT2D eigenvalue weighted by Crippen LogP contribution is -2.49. The second kappa shape index (κ2) is 13.0. The lowest BCUT2D eigenvalue weighted by Gasteiger charge is -2.22. The van der Waals surface area contributed by atoms with E-state index >= 15 is 0 Å². The molecule has 2 rings (SSSR count). The average molecular weight is 472 g/mol. The molecule has 0 saturated heterocycles. The van der Waals surface area contributed by atoms with E-state index in [1.807, 2.05) is 24.3 Å². The maximum Gasteiger partial charge on any atom is 0.328 e. The van der Waals surface area contributed by atoms with E-state index in [1.165, 1.54) is 0 Å². The summed E-state index contributed by atoms with van der Waals surface area (Å²) in [6.45, 7) is 3.20. The van der Waals surface area contributed by atoms with Crippen LogP contribution in [0.4, 0.5) is 0 Å². The van der Waals surface area contributed by atoms with Crippen LogP contribution in [0.25, 0.3) is 16.4 Å². The number of amides is 1. The summed E-state index contributed by atoms with van der Waals surface area (Å²) >= 11 is 0. The number of esters is 2. The fraction of sp³-hybridized carbons (Fsp3) is 0.435. The van der Waals surface area contributed by atoms with Crippen molar-refractivity contribution in [1.82, 2.24) is 15.6 Å². The van der Waals surface area contributed by atoms with Crippen molar-refractivity contribution < 1.29 is 33.4 Å². The number of Topliss-reactive ketones (excluding diaryl/α,β-unsaturated/α-hetero) is 1. The van der Waals surface area contributed by atoms with Crippen LogP contribution in [-0.2, 0) is 35.1 Å². The lowest BCUT2D eigenvalue weighted by atomic mass is 10.0. The Morgan fingerprint density at radius 2 is 1.91 bits per heavy atom. The quantitative estimate of drug-likeness (QED) is 0.169. The Labute approximate surface area is 196 Å². The highest BCUT2D eigenvalue weighted by Crippen LogP contribution is 2.20. The largest absolute Gasteiger partial charge is 0.461 e. The Kier molecular flexibility index (Phi) is 10.1. The number of aromatic amines is 1. The van der Waals surface area contributed by atoms with Gasteiger partial charge in [-0.25, -0.2) is 4.79 Å². The number of nitrogens with zero attached hydrogens (tertiary/aromatic N) is 2. The Morgan fingerprint density at radius 3 is 2.59 bits per heavy atom. The van der Waals surface area contributed by atoms with Crippen LogP contribution in [0.3, 0.4) is 0 Å². The van der Waals surface area contributed by atoms with Crippen molar-refractivity contribution in [3.05, 3.63) is 41.6 Å². The van der Waals surface area contributed by atoms with Gasteiger partial charge in [0.25, 0.3) is 5.91 Å². The van der Waals surface area contributed by atoms with Gasteiger partial charge in [0.1, 0.15) is 6.04 Å². The van der Waals surface area contributed by atoms with Crippen molar-refractivity contribution in [2.24, 2.45) is 0 Å². The van der Waals surface area contributed by atoms with Gasteiger partial charge < -0.3 is 30.6 Å². The van der Waals surface area contributed by atoms with Crippen LogP contribution < -0.4 is 10.6 Å². The number of hydrogen-bond acceptors (Lipinski definition) is 7. The molecule has 1 heterocycles. The fourth-order valence-electron chi connectivity index (χ4n) is 3.28. The molecular weight excluding hydrogens is 442 g/mol. The minimum atomic E-state index is -1.23. The van der Waals surface area contributed by atoms with Crippen molar-refractivity contribution >= 4 is 40.7 Å². The summed E-state index contributed by atoms with van der Waals surface area (Å²) in [6.07, 6.45) is 0.565. The molecule has 0 saturated carbocycles. The van der Waals surface area contributed by atoms with Crippen molar-refractivity contribution in [1.29, 1.82) is 0 Å². The third-order valence-corrected chi connectivity index (χ3v) is 4.80. The smallest absolute Gasteiger partial charge is 0.328 e. The van der Waals surface area contributed by atoms with Crippen LogP contribution in [0.5, 0.6) is 0 Å². The molecule has 2 aromatic rings. The van der Waals surface area contributed by atoms with Gasteiger partial charge in [-0.05, 0) is 38.9 Å². The molecule has 0 aliphatic rings. The summed E-state index contributed by atoms with van der Waals surface area (Å²) in [6, 6.07) is 6.31. The molecule has 3 N–H and O–H groups in total. The molecule has 0 aliphatic heterocycles. The molecule has 0 aliphatic carbocycles. The van der Waals surface area contributed by atoms with Crippen LogP contribution in [-0.4, -0.2) is 71.5 Å². The molecule has 11 nitrogen and oxygen atoms in total. The predicted octanol–water partition coefficient (Wildman–Crippen LogP) is 0.928. The molecule has 1 aromatic carbocycles. The first kappa shape index (κ1) is 26.4. The zero-order chi connectivity index (χ0) is 25.1. The van der Waals surface area contributed by atoms with Gasteiger partial charge in [-0.2, -0.15) is 4.79 Å². The van der Waals surface area contributed by atoms with Crippen LogP contribution >= 0.6 is 0 Å². The Balaban J connectivity index is 2.24. The monoisotopic (exact) mass is 471 g/mol. The SMILES string of the molecule is CNCC(=O)OC(Cc1c[nH]c2ccccc12)C(=O)N[C@@H](CCC(=O)C=[N+]=[N-])C(=O)OC(C)C. The number of ketones is 1. The number of carbonyl (C=O) groups excluding carboxylic acids is 4. The Hall–Kier alpha value is -3.82. The van der Waals surface area contributed by atoms with E-state index in [-0.39, 0.29) is 25.8 Å². The second-order valence-corrected chi connectivity index (χ2v) is 7.87. The summed E-state index contributed by atoms with van der Waals surface area (Å²) in [4.78, 5) is 55.3. The third-order valence-electron chi connectivity index (χ3n) is 4.80. The van der Waals surface area contributed by atoms with Crippen molar-refractivity contribution in [3.63, 3.8) is 0 Å². The standard InChI is InChI=1S/C23H29N5O6/c1-14(2)33-23(32)19(9-8-16(29)12-27-24)28-22(31)20(34-21(30)13-25-3)10-15-11-26-18-7-5-4-6-17(15)18/h4-7,11-12,14,19-20,25-26H,8-10,13H2,1-3H3,(H,28,31)/t19-,20?/m0/s1. The van der Waals surface area contributed by atoms with E-state index in [4.69, 9.17) is 15.0 Å². The molecule has 2 atom stereocenters. The number of hydrogen-bond donors (Lipinski definition) is 3. The molecule has 1 amide bonds. The van der Waals surface area contributed by atoms with E-state index in [9.17, 15) is 19.2 Å². The van der Waals surface area contributed by atoms with Gasteiger partial charge in [-0.3, -0.25) is 14.4 Å². The average Bonchev–Trinajstić information content (AvgIpc) is 3.18. The maximum atomic E-state index is 13.1. The van der Waals surface area contributed by atoms with Crippen LogP contribution in [0.1, 0.15) is 32.3 Å². The highest BCUT2D eigenvalue weighted by atomic mass is 16.6. The first-order chi connectivity index (χ1) is 16.2. The normalized spacial score (nSPS) is 12.5. The Morgan fingerprint density at radius 1 is 1.18 bits per heavy atom. The molecule has 0 fully saturated rings. The van der Waals surface area contributed by atoms with Gasteiger partial charge in [0.15, 0.2) is 6.10 Å². The molecule has 0 spiro atoms. The molecule has 34 heavy (non-hydrogen) atoms. The number of likely N-dealkylation sites (N-methyl/N-ethyl adjacent to an activating group) is 1. The number of ether oxygens (including phenoxy) is 2. The van der Waals surface area contributed by atoms with Crippen LogP contribution in [0, 0.1) is 0 Å². The number of aromatic nitrogens is 1. The van der Waals surface area contributed by atoms with Crippen molar-refractivity contribution in [2.45, 2.75) is 51.4 Å². The minimum absolute atomic E-state index is 0.0628. The number of fused-ring (bicyclic) bond motifs is 1. The highest BCUT2D eigenvalue weighted by molar-refractivity contribution is 6.25. The molecule has 11 heteroatoms. The molecule has 1 aromatic heterocycles. The molecule has 182 valence electrons. The summed E-state index contributed by atoms with van der Waals surface area (Å²) < 4.78 is 10.6. The summed E-state index contributed by atoms with van der Waals surface area (Å²) in [5, 5.41) is 6.09. The van der Waals surface area contributed by atoms with Crippen molar-refractivity contribution in [2.75, 3.05) is 13.6 Å². The number of benzene rings is 1. The van der Waals surface area contributed by atoms with E-state index in [1.54, 1.807) is 27.1 Å². The van der Waals surface area contributed by atoms with E-state index < -0.39 is 41.9 Å². The maximum absolute atomic E-state index is 13.1. The number of rotatable bonds is 13. The third kappa shape index (κ3) is 7.95. The molecule has 0 bridgehead atoms. The number of nitrogens with one attached hydrogen (secondary N) is 3. The molecule has 0 radical (unpaired) electrons. The zero-order valence-electron chi connectivity index (χ0n) is 19.4. The Bertz CT molecular complexity index is 1070. The number of para-hydroxylation sites is 1. The fourth-order valence-corrected chi connectivity index (χ4v) is 3.28. The second-order valence-electron chi connectivity index (χ2n) is 7.87. The van der Waals surface area contributed by atoms with Gasteiger partial charge in [-0.15, -0.1) is 0 Å². The van der Waals surface area contributed by atoms with Crippen LogP contribution in [0.15, 0.2) is 30.5 Å². The highest BCUT2D eigenvalue weighted by Gasteiger charge is 2.30.